The maximum atomic E-state index is 12.9. The first-order valence-corrected chi connectivity index (χ1v) is 9.41. The molecule has 0 radical (unpaired) electrons. The number of hydrogen-bond acceptors (Lipinski definition) is 3. The summed E-state index contributed by atoms with van der Waals surface area (Å²) in [4.78, 5) is 18.2. The average molecular weight is 392 g/mol. The Hall–Kier alpha value is -2.41. The predicted octanol–water partition coefficient (Wildman–Crippen LogP) is 4.69. The minimum absolute atomic E-state index is 0.505. The van der Waals surface area contributed by atoms with Crippen LogP contribution in [0.4, 0.5) is 13.2 Å². The van der Waals surface area contributed by atoms with Crippen LogP contribution >= 0.6 is 0 Å². The second-order valence-electron chi connectivity index (χ2n) is 7.05. The molecular weight excluding hydrogens is 369 g/mol. The van der Waals surface area contributed by atoms with Gasteiger partial charge < -0.3 is 5.11 Å². The van der Waals surface area contributed by atoms with E-state index in [0.717, 1.165) is 37.0 Å². The van der Waals surface area contributed by atoms with Crippen molar-refractivity contribution in [1.82, 2.24) is 9.88 Å². The van der Waals surface area contributed by atoms with Crippen molar-refractivity contribution in [1.29, 1.82) is 0 Å². The van der Waals surface area contributed by atoms with Crippen molar-refractivity contribution in [3.63, 3.8) is 0 Å². The van der Waals surface area contributed by atoms with Gasteiger partial charge in [-0.15, -0.1) is 0 Å². The molecule has 2 aromatic rings. The number of aryl methyl sites for hydroxylation is 1. The quantitative estimate of drug-likeness (QED) is 0.802. The number of carboxylic acid groups (broad SMARTS) is 1. The smallest absolute Gasteiger partial charge is 0.416 e. The number of halogens is 3. The molecule has 0 saturated carbocycles. The van der Waals surface area contributed by atoms with Crippen LogP contribution in [0.3, 0.4) is 0 Å². The van der Waals surface area contributed by atoms with Gasteiger partial charge in [-0.2, -0.15) is 13.2 Å². The number of carbonyl (C=O) groups is 1. The Morgan fingerprint density at radius 3 is 2.46 bits per heavy atom. The molecule has 1 aliphatic rings. The molecule has 28 heavy (non-hydrogen) atoms. The summed E-state index contributed by atoms with van der Waals surface area (Å²) >= 11 is 0. The van der Waals surface area contributed by atoms with Crippen molar-refractivity contribution in [2.75, 3.05) is 6.54 Å². The number of alkyl halides is 3. The number of benzene rings is 1. The third kappa shape index (κ3) is 4.35. The van der Waals surface area contributed by atoms with Gasteiger partial charge in [-0.25, -0.2) is 0 Å². The number of hydrogen-bond donors (Lipinski definition) is 1. The van der Waals surface area contributed by atoms with Crippen LogP contribution in [0.1, 0.15) is 54.6 Å². The second kappa shape index (κ2) is 8.31. The van der Waals surface area contributed by atoms with E-state index < -0.39 is 29.8 Å². The van der Waals surface area contributed by atoms with Gasteiger partial charge in [0.2, 0.25) is 0 Å². The van der Waals surface area contributed by atoms with Crippen LogP contribution in [0.2, 0.25) is 0 Å². The predicted molar refractivity (Wildman–Crippen MR) is 98.9 cm³/mol. The molecule has 2 atom stereocenters. The minimum Gasteiger partial charge on any atom is -0.480 e. The largest absolute Gasteiger partial charge is 0.480 e. The highest BCUT2D eigenvalue weighted by Crippen LogP contribution is 2.35. The van der Waals surface area contributed by atoms with E-state index >= 15 is 0 Å². The first-order valence-electron chi connectivity index (χ1n) is 9.41. The van der Waals surface area contributed by atoms with E-state index in [0.29, 0.717) is 24.2 Å². The Morgan fingerprint density at radius 2 is 1.93 bits per heavy atom. The van der Waals surface area contributed by atoms with Crippen LogP contribution in [0.5, 0.6) is 0 Å². The number of aromatic nitrogens is 1. The Labute approximate surface area is 162 Å². The number of pyridine rings is 1. The van der Waals surface area contributed by atoms with Crippen LogP contribution in [0.25, 0.3) is 0 Å². The molecule has 0 spiro atoms. The maximum absolute atomic E-state index is 12.9. The topological polar surface area (TPSA) is 53.4 Å². The molecule has 0 amide bonds. The summed E-state index contributed by atoms with van der Waals surface area (Å²) in [7, 11) is 0. The first kappa shape index (κ1) is 20.3. The summed E-state index contributed by atoms with van der Waals surface area (Å²) in [6.07, 6.45) is 0.318. The monoisotopic (exact) mass is 392 g/mol. The summed E-state index contributed by atoms with van der Waals surface area (Å²) in [5, 5.41) is 9.67. The molecule has 1 fully saturated rings. The number of likely N-dealkylation sites (tertiary alicyclic amines) is 1. The van der Waals surface area contributed by atoms with Gasteiger partial charge in [0.05, 0.1) is 17.3 Å². The van der Waals surface area contributed by atoms with Crippen molar-refractivity contribution in [3.8, 4) is 0 Å². The van der Waals surface area contributed by atoms with Gasteiger partial charge in [0.15, 0.2) is 0 Å². The molecule has 150 valence electrons. The normalized spacial score (nSPS) is 19.4. The fraction of sp³-hybridized carbons (Fsp3) is 0.429. The number of rotatable bonds is 5. The molecule has 0 aliphatic carbocycles. The highest BCUT2D eigenvalue weighted by molar-refractivity contribution is 5.73. The molecule has 0 bridgehead atoms. The first-order chi connectivity index (χ1) is 13.3. The highest BCUT2D eigenvalue weighted by Gasteiger charge is 2.36. The molecule has 7 heteroatoms. The van der Waals surface area contributed by atoms with Crippen LogP contribution < -0.4 is 0 Å². The van der Waals surface area contributed by atoms with Gasteiger partial charge in [0, 0.05) is 6.20 Å². The van der Waals surface area contributed by atoms with Crippen LogP contribution in [-0.2, 0) is 17.4 Å². The van der Waals surface area contributed by atoms with E-state index in [-0.39, 0.29) is 0 Å². The molecule has 3 rings (SSSR count). The third-order valence-corrected chi connectivity index (χ3v) is 5.25. The van der Waals surface area contributed by atoms with Crippen LogP contribution in [0, 0.1) is 0 Å². The zero-order valence-corrected chi connectivity index (χ0v) is 15.6. The highest BCUT2D eigenvalue weighted by atomic mass is 19.4. The Bertz CT molecular complexity index is 804. The molecule has 2 unspecified atom stereocenters. The van der Waals surface area contributed by atoms with Gasteiger partial charge in [0.1, 0.15) is 6.04 Å². The minimum atomic E-state index is -4.41. The molecule has 4 nitrogen and oxygen atoms in total. The van der Waals surface area contributed by atoms with E-state index in [2.05, 4.69) is 4.98 Å². The standard InChI is InChI=1S/C21H23F3N2O2/c1-2-14-6-11-17(25-13-14)19(26-12-4-3-5-18(26)20(27)28)15-7-9-16(10-8-15)21(22,23)24/h6-11,13,18-19H,2-5,12H2,1H3,(H,27,28). The molecule has 1 aliphatic heterocycles. The number of carboxylic acids is 1. The van der Waals surface area contributed by atoms with Gasteiger partial charge >= 0.3 is 12.1 Å². The zero-order valence-electron chi connectivity index (χ0n) is 15.6. The van der Waals surface area contributed by atoms with E-state index in [4.69, 9.17) is 0 Å². The third-order valence-electron chi connectivity index (χ3n) is 5.25. The summed E-state index contributed by atoms with van der Waals surface area (Å²) in [6, 6.07) is 7.52. The molecule has 1 aromatic heterocycles. The van der Waals surface area contributed by atoms with Gasteiger partial charge in [-0.3, -0.25) is 14.7 Å². The molecule has 1 aromatic carbocycles. The Kier molecular flexibility index (Phi) is 6.03. The Balaban J connectivity index is 2.04. The summed E-state index contributed by atoms with van der Waals surface area (Å²) in [6.45, 7) is 2.56. The van der Waals surface area contributed by atoms with Crippen LogP contribution in [0.15, 0.2) is 42.6 Å². The van der Waals surface area contributed by atoms with Gasteiger partial charge in [-0.1, -0.05) is 31.5 Å². The van der Waals surface area contributed by atoms with E-state index in [1.807, 2.05) is 24.0 Å². The SMILES string of the molecule is CCc1ccc(C(c2ccc(C(F)(F)F)cc2)N2CCCCC2C(=O)O)nc1. The van der Waals surface area contributed by atoms with Crippen molar-refractivity contribution in [3.05, 3.63) is 65.0 Å². The van der Waals surface area contributed by atoms with Crippen molar-refractivity contribution < 1.29 is 23.1 Å². The van der Waals surface area contributed by atoms with Gasteiger partial charge in [-0.05, 0) is 55.1 Å². The molecular formula is C21H23F3N2O2. The van der Waals surface area contributed by atoms with E-state index in [1.165, 1.54) is 12.1 Å². The van der Waals surface area contributed by atoms with Crippen molar-refractivity contribution in [2.45, 2.75) is 50.9 Å². The maximum Gasteiger partial charge on any atom is 0.416 e. The lowest BCUT2D eigenvalue weighted by Crippen LogP contribution is -2.47. The molecule has 1 N–H and O–H groups in total. The average Bonchev–Trinajstić information content (AvgIpc) is 2.69. The second-order valence-corrected chi connectivity index (χ2v) is 7.05. The summed E-state index contributed by atoms with van der Waals surface area (Å²) in [5.41, 5.74) is 1.57. The van der Waals surface area contributed by atoms with E-state index in [9.17, 15) is 23.1 Å². The molecule has 2 heterocycles. The fourth-order valence-electron chi connectivity index (χ4n) is 3.72. The number of nitrogens with zero attached hydrogens (tertiary/aromatic N) is 2. The number of piperidine rings is 1. The van der Waals surface area contributed by atoms with Crippen LogP contribution in [-0.4, -0.2) is 33.5 Å². The summed E-state index contributed by atoms with van der Waals surface area (Å²) in [5.74, 6) is -0.915. The number of aliphatic carboxylic acids is 1. The summed E-state index contributed by atoms with van der Waals surface area (Å²) < 4.78 is 38.8. The molecule has 1 saturated heterocycles. The van der Waals surface area contributed by atoms with Crippen molar-refractivity contribution in [2.24, 2.45) is 0 Å². The van der Waals surface area contributed by atoms with Crippen molar-refractivity contribution >= 4 is 5.97 Å². The zero-order chi connectivity index (χ0) is 20.3. The fourth-order valence-corrected chi connectivity index (χ4v) is 3.72. The lowest BCUT2D eigenvalue weighted by molar-refractivity contribution is -0.145. The lowest BCUT2D eigenvalue weighted by Gasteiger charge is -2.39. The Morgan fingerprint density at radius 1 is 1.21 bits per heavy atom. The van der Waals surface area contributed by atoms with Gasteiger partial charge in [0.25, 0.3) is 0 Å². The van der Waals surface area contributed by atoms with E-state index in [1.54, 1.807) is 6.20 Å². The lowest BCUT2D eigenvalue weighted by atomic mass is 9.93.